The Hall–Kier alpha value is -0.792. The second-order valence-corrected chi connectivity index (χ2v) is 6.63. The van der Waals surface area contributed by atoms with Gasteiger partial charge in [-0.1, -0.05) is 49.0 Å². The minimum atomic E-state index is -0.918. The van der Waals surface area contributed by atoms with Gasteiger partial charge in [0.15, 0.2) is 0 Å². The van der Waals surface area contributed by atoms with Gasteiger partial charge in [-0.2, -0.15) is 0 Å². The molecule has 0 spiro atoms. The van der Waals surface area contributed by atoms with Crippen LogP contribution in [-0.4, -0.2) is 99.9 Å². The van der Waals surface area contributed by atoms with E-state index in [1.807, 2.05) is 27.7 Å². The van der Waals surface area contributed by atoms with E-state index >= 15 is 0 Å². The molecule has 2 N–H and O–H groups in total. The molecule has 2 radical (unpaired) electrons. The second kappa shape index (κ2) is 41.3. The summed E-state index contributed by atoms with van der Waals surface area (Å²) >= 11 is 0. The van der Waals surface area contributed by atoms with E-state index in [1.165, 1.54) is 28.1 Å². The predicted molar refractivity (Wildman–Crippen MR) is 143 cm³/mol. The van der Waals surface area contributed by atoms with Gasteiger partial charge >= 0.3 is 24.6 Å². The molecule has 0 saturated heterocycles. The van der Waals surface area contributed by atoms with Gasteiger partial charge < -0.3 is 48.1 Å². The summed E-state index contributed by atoms with van der Waals surface area (Å²) in [7, 11) is 2.35. The van der Waals surface area contributed by atoms with Gasteiger partial charge in [0, 0.05) is 65.4 Å². The molecule has 14 nitrogen and oxygen atoms in total. The monoisotopic (exact) mass is 754 g/mol. The average molecular weight is 754 g/mol. The topological polar surface area (TPSA) is 183 Å². The van der Waals surface area contributed by atoms with Crippen molar-refractivity contribution in [3.63, 3.8) is 0 Å². The van der Waals surface area contributed by atoms with E-state index in [0.29, 0.717) is 12.8 Å². The maximum Gasteiger partial charge on any atom is 0.508 e. The van der Waals surface area contributed by atoms with Crippen molar-refractivity contribution in [3.05, 3.63) is 0 Å². The van der Waals surface area contributed by atoms with Gasteiger partial charge in [0.25, 0.3) is 0 Å². The first-order chi connectivity index (χ1) is 18.0. The van der Waals surface area contributed by atoms with Crippen LogP contribution in [-0.2, 0) is 103 Å². The molecule has 0 amide bonds. The van der Waals surface area contributed by atoms with E-state index in [9.17, 15) is 19.2 Å². The van der Waals surface area contributed by atoms with Crippen LogP contribution >= 0.6 is 0 Å². The van der Waals surface area contributed by atoms with Crippen molar-refractivity contribution in [3.8, 4) is 0 Å². The van der Waals surface area contributed by atoms with Crippen LogP contribution in [0.2, 0.25) is 0 Å². The molecule has 0 aromatic carbocycles. The van der Waals surface area contributed by atoms with Crippen molar-refractivity contribution in [2.75, 3.05) is 40.6 Å². The van der Waals surface area contributed by atoms with E-state index in [0.717, 1.165) is 0 Å². The van der Waals surface area contributed by atoms with Crippen LogP contribution in [0.1, 0.15) is 75.7 Å². The molecule has 242 valence electrons. The molecule has 0 bridgehead atoms. The van der Waals surface area contributed by atoms with E-state index in [2.05, 4.69) is 28.4 Å². The molecule has 0 aliphatic carbocycles. The molecular formula is C25H52O14Y2. The molecule has 0 heterocycles. The molecule has 0 fully saturated rings. The number of rotatable bonds is 12. The van der Waals surface area contributed by atoms with E-state index in [-0.39, 0.29) is 99.3 Å². The SMILES string of the molecule is C.CC.CC.CCC(O)COC(=O)OC(C)COC(=O)OC.CCC(O)COC(=O)OC(C)COC(=O)OC.[Y].[Y]. The molecule has 0 aliphatic rings. The number of aliphatic hydroxyl groups is 2. The normalized spacial score (nSPS) is 11.4. The van der Waals surface area contributed by atoms with E-state index in [1.54, 1.807) is 13.8 Å². The van der Waals surface area contributed by atoms with Crippen LogP contribution < -0.4 is 0 Å². The maximum absolute atomic E-state index is 11.1. The smallest absolute Gasteiger partial charge is 0.438 e. The van der Waals surface area contributed by atoms with Gasteiger partial charge in [-0.05, 0) is 26.7 Å². The molecule has 0 aromatic rings. The van der Waals surface area contributed by atoms with Gasteiger partial charge in [-0.3, -0.25) is 0 Å². The van der Waals surface area contributed by atoms with Crippen LogP contribution in [0.5, 0.6) is 0 Å². The number of carbonyl (C=O) groups is 4. The molecular weight excluding hydrogens is 702 g/mol. The van der Waals surface area contributed by atoms with Crippen molar-refractivity contribution in [2.24, 2.45) is 0 Å². The Morgan fingerprint density at radius 2 is 0.805 bits per heavy atom. The van der Waals surface area contributed by atoms with Gasteiger partial charge in [0.2, 0.25) is 0 Å². The van der Waals surface area contributed by atoms with Crippen LogP contribution in [0.15, 0.2) is 0 Å². The van der Waals surface area contributed by atoms with E-state index in [4.69, 9.17) is 19.7 Å². The summed E-state index contributed by atoms with van der Waals surface area (Å²) in [5, 5.41) is 18.3. The number of aliphatic hydroxyl groups excluding tert-OH is 2. The summed E-state index contributed by atoms with van der Waals surface area (Å²) in [5.74, 6) is 0. The van der Waals surface area contributed by atoms with Gasteiger partial charge in [0.1, 0.15) is 38.6 Å². The molecule has 16 heteroatoms. The number of hydrogen-bond donors (Lipinski definition) is 2. The Kier molecular flexibility index (Phi) is 56.5. The average Bonchev–Trinajstić information content (AvgIpc) is 2.94. The fraction of sp³-hybridized carbons (Fsp3) is 0.840. The Labute approximate surface area is 295 Å². The quantitative estimate of drug-likeness (QED) is 0.204. The third kappa shape index (κ3) is 43.8. The number of hydrogen-bond acceptors (Lipinski definition) is 14. The van der Waals surface area contributed by atoms with E-state index < -0.39 is 49.0 Å². The first-order valence-corrected chi connectivity index (χ1v) is 12.4. The summed E-state index contributed by atoms with van der Waals surface area (Å²) in [5.41, 5.74) is 0. The molecule has 0 aliphatic heterocycles. The Bertz CT molecular complexity index is 547. The summed E-state index contributed by atoms with van der Waals surface area (Å²) < 4.78 is 36.3. The van der Waals surface area contributed by atoms with Crippen molar-refractivity contribution >= 4 is 24.6 Å². The van der Waals surface area contributed by atoms with Crippen molar-refractivity contribution in [1.82, 2.24) is 0 Å². The van der Waals surface area contributed by atoms with Crippen LogP contribution in [0.4, 0.5) is 19.2 Å². The Morgan fingerprint density at radius 3 is 1.02 bits per heavy atom. The minimum Gasteiger partial charge on any atom is -0.438 e. The zero-order valence-corrected chi connectivity index (χ0v) is 31.2. The third-order valence-electron chi connectivity index (χ3n) is 3.53. The predicted octanol–water partition coefficient (Wildman–Crippen LogP) is 4.85. The fourth-order valence-corrected chi connectivity index (χ4v) is 1.52. The van der Waals surface area contributed by atoms with Crippen LogP contribution in [0.25, 0.3) is 0 Å². The number of ether oxygens (including phenoxy) is 8. The largest absolute Gasteiger partial charge is 0.508 e. The summed E-state index contributed by atoms with van der Waals surface area (Å²) in [6, 6.07) is 0. The minimum absolute atomic E-state index is 0. The second-order valence-electron chi connectivity index (χ2n) is 6.63. The summed E-state index contributed by atoms with van der Waals surface area (Å²) in [4.78, 5) is 43.3. The van der Waals surface area contributed by atoms with Crippen molar-refractivity contribution in [2.45, 2.75) is 100 Å². The Balaban J connectivity index is -0.0000000942. The standard InChI is InChI=1S/2C10H18O7.2C2H6.CH4.2Y/c2*1-4-8(11)6-16-10(13)17-7(2)5-15-9(12)14-3;2*1-2;;;/h2*7-8,11H,4-6H2,1-3H3;2*1-2H3;1H4;;. The van der Waals surface area contributed by atoms with Crippen LogP contribution in [0, 0.1) is 0 Å². The molecule has 41 heavy (non-hydrogen) atoms. The van der Waals surface area contributed by atoms with Crippen molar-refractivity contribution < 1.29 is 133 Å². The van der Waals surface area contributed by atoms with Crippen molar-refractivity contribution in [1.29, 1.82) is 0 Å². The zero-order valence-electron chi connectivity index (χ0n) is 25.5. The summed E-state index contributed by atoms with van der Waals surface area (Å²) in [6.45, 7) is 14.1. The molecule has 0 aromatic heterocycles. The molecule has 0 saturated carbocycles. The maximum atomic E-state index is 11.1. The Morgan fingerprint density at radius 1 is 0.561 bits per heavy atom. The first-order valence-electron chi connectivity index (χ1n) is 12.4. The zero-order chi connectivity index (χ0) is 30.5. The summed E-state index contributed by atoms with van der Waals surface area (Å²) in [6.07, 6.45) is -5.29. The fourth-order valence-electron chi connectivity index (χ4n) is 1.52. The van der Waals surface area contributed by atoms with Crippen LogP contribution in [0.3, 0.4) is 0 Å². The molecule has 4 atom stereocenters. The molecule has 0 rings (SSSR count). The van der Waals surface area contributed by atoms with Gasteiger partial charge in [-0.25, -0.2) is 19.2 Å². The number of methoxy groups -OCH3 is 2. The number of carbonyl (C=O) groups excluding carboxylic acids is 4. The third-order valence-corrected chi connectivity index (χ3v) is 3.53. The van der Waals surface area contributed by atoms with Gasteiger partial charge in [-0.15, -0.1) is 0 Å². The molecule has 4 unspecified atom stereocenters. The van der Waals surface area contributed by atoms with Gasteiger partial charge in [0.05, 0.1) is 26.4 Å². The first kappa shape index (κ1) is 56.0.